The van der Waals surface area contributed by atoms with Gasteiger partial charge < -0.3 is 9.42 Å². The Morgan fingerprint density at radius 1 is 1.32 bits per heavy atom. The molecular weight excluding hydrogens is 306 g/mol. The van der Waals surface area contributed by atoms with Gasteiger partial charge in [-0.2, -0.15) is 4.98 Å². The molecule has 2 atom stereocenters. The maximum atomic E-state index is 12.3. The van der Waals surface area contributed by atoms with E-state index in [0.29, 0.717) is 44.1 Å². The summed E-state index contributed by atoms with van der Waals surface area (Å²) in [7, 11) is -2.92. The summed E-state index contributed by atoms with van der Waals surface area (Å²) in [6, 6.07) is 0. The average molecular weight is 327 g/mol. The van der Waals surface area contributed by atoms with Gasteiger partial charge in [-0.05, 0) is 18.3 Å². The molecule has 122 valence electrons. The van der Waals surface area contributed by atoms with E-state index in [-0.39, 0.29) is 29.2 Å². The molecule has 22 heavy (non-hydrogen) atoms. The second-order valence-electron chi connectivity index (χ2n) is 6.30. The van der Waals surface area contributed by atoms with E-state index in [9.17, 15) is 13.2 Å². The van der Waals surface area contributed by atoms with Crippen LogP contribution in [0, 0.1) is 11.8 Å². The van der Waals surface area contributed by atoms with Gasteiger partial charge in [-0.25, -0.2) is 8.42 Å². The van der Waals surface area contributed by atoms with Gasteiger partial charge in [0.05, 0.1) is 11.5 Å². The predicted molar refractivity (Wildman–Crippen MR) is 78.8 cm³/mol. The van der Waals surface area contributed by atoms with Crippen LogP contribution in [0.3, 0.4) is 0 Å². The summed E-state index contributed by atoms with van der Waals surface area (Å²) in [4.78, 5) is 18.3. The fourth-order valence-corrected chi connectivity index (χ4v) is 5.51. The minimum absolute atomic E-state index is 0.0465. The molecule has 8 heteroatoms. The number of fused-ring (bicyclic) bond motifs is 2. The highest BCUT2D eigenvalue weighted by molar-refractivity contribution is 7.91. The van der Waals surface area contributed by atoms with Gasteiger partial charge in [0.2, 0.25) is 11.8 Å². The third-order valence-corrected chi connectivity index (χ3v) is 6.29. The van der Waals surface area contributed by atoms with Crippen molar-refractivity contribution in [2.75, 3.05) is 24.6 Å². The summed E-state index contributed by atoms with van der Waals surface area (Å²) in [6.45, 7) is 3.05. The van der Waals surface area contributed by atoms with Gasteiger partial charge in [-0.15, -0.1) is 0 Å². The third-order valence-electron chi connectivity index (χ3n) is 4.33. The van der Waals surface area contributed by atoms with E-state index in [0.717, 1.165) is 6.42 Å². The maximum absolute atomic E-state index is 12.3. The molecule has 1 aromatic heterocycles. The molecule has 1 amide bonds. The zero-order chi connectivity index (χ0) is 15.7. The van der Waals surface area contributed by atoms with Crippen LogP contribution in [0.25, 0.3) is 0 Å². The number of amides is 1. The monoisotopic (exact) mass is 327 g/mol. The normalized spacial score (nSPS) is 26.9. The molecule has 2 saturated heterocycles. The molecule has 2 fully saturated rings. The highest BCUT2D eigenvalue weighted by Gasteiger charge is 2.38. The molecule has 2 bridgehead atoms. The van der Waals surface area contributed by atoms with Crippen molar-refractivity contribution in [1.82, 2.24) is 15.0 Å². The van der Waals surface area contributed by atoms with E-state index in [1.54, 1.807) is 0 Å². The lowest BCUT2D eigenvalue weighted by Gasteiger charge is -2.41. The third kappa shape index (κ3) is 3.48. The van der Waals surface area contributed by atoms with E-state index >= 15 is 0 Å². The summed E-state index contributed by atoms with van der Waals surface area (Å²) < 4.78 is 28.6. The van der Waals surface area contributed by atoms with Crippen LogP contribution in [-0.4, -0.2) is 54.0 Å². The Balaban J connectivity index is 1.55. The number of hydrogen-bond donors (Lipinski definition) is 0. The largest absolute Gasteiger partial charge is 0.342 e. The molecule has 3 rings (SSSR count). The summed E-state index contributed by atoms with van der Waals surface area (Å²) in [5.41, 5.74) is 0. The molecule has 0 radical (unpaired) electrons. The van der Waals surface area contributed by atoms with Gasteiger partial charge in [0.1, 0.15) is 0 Å². The Kier molecular flexibility index (Phi) is 4.20. The number of sulfone groups is 1. The van der Waals surface area contributed by atoms with E-state index < -0.39 is 9.84 Å². The lowest BCUT2D eigenvalue weighted by molar-refractivity contribution is -0.134. The minimum atomic E-state index is -2.92. The van der Waals surface area contributed by atoms with Crippen molar-refractivity contribution in [1.29, 1.82) is 0 Å². The zero-order valence-electron chi connectivity index (χ0n) is 12.7. The molecule has 3 heterocycles. The molecule has 0 saturated carbocycles. The number of nitrogens with zero attached hydrogens (tertiary/aromatic N) is 3. The standard InChI is InChI=1S/C14H21N3O4S/c1-2-12-15-13(21-16-12)3-4-14(18)17-6-10-5-11(7-17)9-22(19,20)8-10/h10-11H,2-9H2,1H3. The smallest absolute Gasteiger partial charge is 0.227 e. The Morgan fingerprint density at radius 3 is 2.59 bits per heavy atom. The van der Waals surface area contributed by atoms with Gasteiger partial charge in [0, 0.05) is 32.4 Å². The number of carbonyl (C=O) groups excluding carboxylic acids is 1. The van der Waals surface area contributed by atoms with Crippen LogP contribution in [0.15, 0.2) is 4.52 Å². The summed E-state index contributed by atoms with van der Waals surface area (Å²) in [5, 5.41) is 3.81. The van der Waals surface area contributed by atoms with Crippen LogP contribution < -0.4 is 0 Å². The van der Waals surface area contributed by atoms with Crippen molar-refractivity contribution in [2.24, 2.45) is 11.8 Å². The number of rotatable bonds is 4. The first-order valence-electron chi connectivity index (χ1n) is 7.75. The first-order chi connectivity index (χ1) is 10.4. The molecule has 2 aliphatic heterocycles. The van der Waals surface area contributed by atoms with Crippen molar-refractivity contribution < 1.29 is 17.7 Å². The number of carbonyl (C=O) groups is 1. The van der Waals surface area contributed by atoms with E-state index in [2.05, 4.69) is 10.1 Å². The molecule has 0 spiro atoms. The highest BCUT2D eigenvalue weighted by atomic mass is 32.2. The van der Waals surface area contributed by atoms with Gasteiger partial charge in [0.15, 0.2) is 15.7 Å². The van der Waals surface area contributed by atoms with Crippen molar-refractivity contribution in [3.63, 3.8) is 0 Å². The fourth-order valence-electron chi connectivity index (χ4n) is 3.46. The summed E-state index contributed by atoms with van der Waals surface area (Å²) >= 11 is 0. The van der Waals surface area contributed by atoms with E-state index in [1.165, 1.54) is 0 Å². The van der Waals surface area contributed by atoms with Gasteiger partial charge in [-0.3, -0.25) is 4.79 Å². The maximum Gasteiger partial charge on any atom is 0.227 e. The molecule has 0 aromatic carbocycles. The molecule has 1 aromatic rings. The van der Waals surface area contributed by atoms with Gasteiger partial charge in [0.25, 0.3) is 0 Å². The van der Waals surface area contributed by atoms with Crippen molar-refractivity contribution in [3.05, 3.63) is 11.7 Å². The first kappa shape index (κ1) is 15.5. The summed E-state index contributed by atoms with van der Waals surface area (Å²) in [6.07, 6.45) is 2.40. The number of aromatic nitrogens is 2. The van der Waals surface area contributed by atoms with Crippen LogP contribution >= 0.6 is 0 Å². The van der Waals surface area contributed by atoms with Crippen LogP contribution in [0.4, 0.5) is 0 Å². The van der Waals surface area contributed by atoms with Crippen LogP contribution in [-0.2, 0) is 27.5 Å². The molecular formula is C14H21N3O4S. The topological polar surface area (TPSA) is 93.4 Å². The SMILES string of the molecule is CCc1noc(CCC(=O)N2CC3CC(C2)CS(=O)(=O)C3)n1. The average Bonchev–Trinajstić information content (AvgIpc) is 2.90. The lowest BCUT2D eigenvalue weighted by Crippen LogP contribution is -2.50. The Morgan fingerprint density at radius 2 is 2.00 bits per heavy atom. The number of hydrogen-bond acceptors (Lipinski definition) is 6. The van der Waals surface area contributed by atoms with E-state index in [1.807, 2.05) is 11.8 Å². The number of likely N-dealkylation sites (tertiary alicyclic amines) is 1. The zero-order valence-corrected chi connectivity index (χ0v) is 13.5. The van der Waals surface area contributed by atoms with Crippen molar-refractivity contribution in [3.8, 4) is 0 Å². The number of aryl methyl sites for hydroxylation is 2. The van der Waals surface area contributed by atoms with E-state index in [4.69, 9.17) is 4.52 Å². The first-order valence-corrected chi connectivity index (χ1v) is 9.57. The van der Waals surface area contributed by atoms with Crippen LogP contribution in [0.5, 0.6) is 0 Å². The quantitative estimate of drug-likeness (QED) is 0.797. The Hall–Kier alpha value is -1.44. The second-order valence-corrected chi connectivity index (χ2v) is 8.46. The summed E-state index contributed by atoms with van der Waals surface area (Å²) in [5.74, 6) is 1.82. The van der Waals surface area contributed by atoms with Crippen LogP contribution in [0.2, 0.25) is 0 Å². The molecule has 0 aliphatic carbocycles. The van der Waals surface area contributed by atoms with Crippen LogP contribution in [0.1, 0.15) is 31.5 Å². The highest BCUT2D eigenvalue weighted by Crippen LogP contribution is 2.30. The molecule has 2 unspecified atom stereocenters. The predicted octanol–water partition coefficient (Wildman–Crippen LogP) is 0.458. The lowest BCUT2D eigenvalue weighted by atomic mass is 9.91. The van der Waals surface area contributed by atoms with Crippen molar-refractivity contribution >= 4 is 15.7 Å². The molecule has 2 aliphatic rings. The molecule has 0 N–H and O–H groups in total. The fraction of sp³-hybridized carbons (Fsp3) is 0.786. The number of piperidine rings is 1. The van der Waals surface area contributed by atoms with Gasteiger partial charge >= 0.3 is 0 Å². The second kappa shape index (κ2) is 5.98. The van der Waals surface area contributed by atoms with Gasteiger partial charge in [-0.1, -0.05) is 12.1 Å². The minimum Gasteiger partial charge on any atom is -0.342 e. The molecule has 7 nitrogen and oxygen atoms in total. The Labute approximate surface area is 130 Å². The van der Waals surface area contributed by atoms with Crippen molar-refractivity contribution in [2.45, 2.75) is 32.6 Å². The Bertz CT molecular complexity index is 635.